The summed E-state index contributed by atoms with van der Waals surface area (Å²) in [6, 6.07) is 3.89. The van der Waals surface area contributed by atoms with Gasteiger partial charge in [-0.3, -0.25) is 4.40 Å². The molecule has 1 aliphatic carbocycles. The summed E-state index contributed by atoms with van der Waals surface area (Å²) in [5.74, 6) is 1.75. The monoisotopic (exact) mass is 304 g/mol. The maximum absolute atomic E-state index is 5.70. The summed E-state index contributed by atoms with van der Waals surface area (Å²) in [5, 5.41) is 8.20. The van der Waals surface area contributed by atoms with Crippen molar-refractivity contribution in [3.63, 3.8) is 0 Å². The molecule has 0 aliphatic heterocycles. The van der Waals surface area contributed by atoms with E-state index in [0.717, 1.165) is 34.5 Å². The lowest BCUT2D eigenvalue weighted by atomic mass is 10.4. The van der Waals surface area contributed by atoms with E-state index in [4.69, 9.17) is 4.42 Å². The van der Waals surface area contributed by atoms with E-state index in [1.165, 1.54) is 0 Å². The van der Waals surface area contributed by atoms with Gasteiger partial charge in [-0.25, -0.2) is 4.98 Å². The van der Waals surface area contributed by atoms with Gasteiger partial charge in [0.15, 0.2) is 0 Å². The van der Waals surface area contributed by atoms with Crippen LogP contribution in [-0.2, 0) is 0 Å². The Morgan fingerprint density at radius 3 is 3.00 bits per heavy atom. The number of imidazole rings is 1. The Morgan fingerprint density at radius 2 is 2.17 bits per heavy atom. The van der Waals surface area contributed by atoms with Crippen molar-refractivity contribution in [2.75, 3.05) is 0 Å². The smallest absolute Gasteiger partial charge is 0.266 e. The molecule has 0 N–H and O–H groups in total. The molecule has 0 radical (unpaired) electrons. The summed E-state index contributed by atoms with van der Waals surface area (Å²) in [6.07, 6.45) is 6.01. The summed E-state index contributed by atoms with van der Waals surface area (Å²) in [5.41, 5.74) is 1.69. The summed E-state index contributed by atoms with van der Waals surface area (Å²) in [6.45, 7) is 0. The van der Waals surface area contributed by atoms with Crippen LogP contribution in [0.5, 0.6) is 0 Å². The molecule has 90 valence electrons. The van der Waals surface area contributed by atoms with E-state index in [-0.39, 0.29) is 0 Å². The minimum Gasteiger partial charge on any atom is -0.419 e. The molecule has 3 heterocycles. The number of aromatic nitrogens is 4. The van der Waals surface area contributed by atoms with Crippen LogP contribution in [-0.4, -0.2) is 19.6 Å². The minimum absolute atomic E-state index is 0.470. The van der Waals surface area contributed by atoms with Gasteiger partial charge < -0.3 is 4.42 Å². The van der Waals surface area contributed by atoms with Crippen molar-refractivity contribution in [2.45, 2.75) is 18.8 Å². The fraction of sp³-hybridized carbons (Fsp3) is 0.250. The van der Waals surface area contributed by atoms with Crippen LogP contribution in [0, 0.1) is 0 Å². The van der Waals surface area contributed by atoms with Crippen molar-refractivity contribution in [3.8, 4) is 11.6 Å². The van der Waals surface area contributed by atoms with E-state index in [2.05, 4.69) is 31.1 Å². The van der Waals surface area contributed by atoms with Gasteiger partial charge in [-0.2, -0.15) is 0 Å². The standard InChI is InChI=1S/C12H9BrN4O/c13-8-3-4-10-14-5-9(17(10)6-8)12-16-15-11(18-12)7-1-2-7/h3-7H,1-2H2. The fourth-order valence-corrected chi connectivity index (χ4v) is 2.28. The van der Waals surface area contributed by atoms with E-state index in [9.17, 15) is 0 Å². The molecule has 3 aromatic heterocycles. The molecule has 0 aromatic carbocycles. The van der Waals surface area contributed by atoms with E-state index in [0.29, 0.717) is 11.8 Å². The van der Waals surface area contributed by atoms with Gasteiger partial charge in [-0.1, -0.05) is 0 Å². The topological polar surface area (TPSA) is 56.2 Å². The van der Waals surface area contributed by atoms with Crippen molar-refractivity contribution in [1.29, 1.82) is 0 Å². The summed E-state index contributed by atoms with van der Waals surface area (Å²) < 4.78 is 8.62. The first-order valence-corrected chi connectivity index (χ1v) is 6.57. The van der Waals surface area contributed by atoms with Crippen LogP contribution in [0.15, 0.2) is 33.4 Å². The van der Waals surface area contributed by atoms with Gasteiger partial charge in [0, 0.05) is 16.6 Å². The van der Waals surface area contributed by atoms with Gasteiger partial charge in [0.05, 0.1) is 6.20 Å². The predicted molar refractivity (Wildman–Crippen MR) is 68.2 cm³/mol. The quantitative estimate of drug-likeness (QED) is 0.730. The molecule has 0 spiro atoms. The Morgan fingerprint density at radius 1 is 1.28 bits per heavy atom. The molecule has 5 nitrogen and oxygen atoms in total. The normalized spacial score (nSPS) is 15.4. The lowest BCUT2D eigenvalue weighted by Gasteiger charge is -1.97. The molecule has 0 unspecified atom stereocenters. The third-order valence-corrected chi connectivity index (χ3v) is 3.52. The molecular formula is C12H9BrN4O. The van der Waals surface area contributed by atoms with Crippen LogP contribution in [0.1, 0.15) is 24.7 Å². The number of halogens is 1. The van der Waals surface area contributed by atoms with Crippen molar-refractivity contribution < 1.29 is 4.42 Å². The second-order valence-electron chi connectivity index (χ2n) is 4.44. The summed E-state index contributed by atoms with van der Waals surface area (Å²) in [4.78, 5) is 4.32. The summed E-state index contributed by atoms with van der Waals surface area (Å²) in [7, 11) is 0. The van der Waals surface area contributed by atoms with Crippen LogP contribution < -0.4 is 0 Å². The average molecular weight is 305 g/mol. The Hall–Kier alpha value is -1.69. The van der Waals surface area contributed by atoms with Gasteiger partial charge in [0.25, 0.3) is 5.89 Å². The highest BCUT2D eigenvalue weighted by atomic mass is 79.9. The molecule has 4 rings (SSSR count). The van der Waals surface area contributed by atoms with E-state index < -0.39 is 0 Å². The van der Waals surface area contributed by atoms with E-state index in [1.54, 1.807) is 6.20 Å². The number of pyridine rings is 1. The van der Waals surface area contributed by atoms with Crippen molar-refractivity contribution in [2.24, 2.45) is 0 Å². The molecule has 18 heavy (non-hydrogen) atoms. The van der Waals surface area contributed by atoms with Crippen LogP contribution >= 0.6 is 15.9 Å². The molecule has 1 aliphatic rings. The number of nitrogens with zero attached hydrogens (tertiary/aromatic N) is 4. The zero-order chi connectivity index (χ0) is 12.1. The first-order chi connectivity index (χ1) is 8.81. The van der Waals surface area contributed by atoms with Crippen LogP contribution in [0.25, 0.3) is 17.2 Å². The second-order valence-corrected chi connectivity index (χ2v) is 5.35. The first kappa shape index (κ1) is 10.3. The Labute approximate surface area is 111 Å². The van der Waals surface area contributed by atoms with Crippen molar-refractivity contribution in [1.82, 2.24) is 19.6 Å². The average Bonchev–Trinajstić information content (AvgIpc) is 2.96. The molecule has 6 heteroatoms. The Balaban J connectivity index is 1.86. The third-order valence-electron chi connectivity index (χ3n) is 3.06. The van der Waals surface area contributed by atoms with Gasteiger partial charge in [0.2, 0.25) is 5.89 Å². The van der Waals surface area contributed by atoms with Crippen molar-refractivity contribution >= 4 is 21.6 Å². The van der Waals surface area contributed by atoms with Crippen LogP contribution in [0.4, 0.5) is 0 Å². The first-order valence-electron chi connectivity index (χ1n) is 5.77. The number of hydrogen-bond acceptors (Lipinski definition) is 4. The largest absolute Gasteiger partial charge is 0.419 e. The van der Waals surface area contributed by atoms with E-state index in [1.807, 2.05) is 22.7 Å². The number of rotatable bonds is 2. The summed E-state index contributed by atoms with van der Waals surface area (Å²) >= 11 is 3.45. The number of fused-ring (bicyclic) bond motifs is 1. The minimum atomic E-state index is 0.470. The SMILES string of the molecule is Brc1ccc2ncc(-c3nnc(C4CC4)o3)n2c1. The van der Waals surface area contributed by atoms with Gasteiger partial charge >= 0.3 is 0 Å². The molecule has 0 amide bonds. The highest BCUT2D eigenvalue weighted by Crippen LogP contribution is 2.39. The maximum Gasteiger partial charge on any atom is 0.266 e. The van der Waals surface area contributed by atoms with Gasteiger partial charge in [-0.15, -0.1) is 10.2 Å². The zero-order valence-corrected chi connectivity index (χ0v) is 11.0. The van der Waals surface area contributed by atoms with Gasteiger partial charge in [-0.05, 0) is 40.9 Å². The highest BCUT2D eigenvalue weighted by Gasteiger charge is 2.29. The van der Waals surface area contributed by atoms with Crippen LogP contribution in [0.2, 0.25) is 0 Å². The lowest BCUT2D eigenvalue weighted by Crippen LogP contribution is -1.88. The van der Waals surface area contributed by atoms with E-state index >= 15 is 0 Å². The van der Waals surface area contributed by atoms with Gasteiger partial charge in [0.1, 0.15) is 11.3 Å². The highest BCUT2D eigenvalue weighted by molar-refractivity contribution is 9.10. The molecule has 0 saturated heterocycles. The molecule has 1 fully saturated rings. The fourth-order valence-electron chi connectivity index (χ4n) is 1.95. The zero-order valence-electron chi connectivity index (χ0n) is 9.38. The Bertz CT molecular complexity index is 729. The third kappa shape index (κ3) is 1.56. The molecule has 0 atom stereocenters. The molecule has 3 aromatic rings. The molecular weight excluding hydrogens is 296 g/mol. The Kier molecular flexibility index (Phi) is 2.08. The number of hydrogen-bond donors (Lipinski definition) is 0. The van der Waals surface area contributed by atoms with Crippen molar-refractivity contribution in [3.05, 3.63) is 34.9 Å². The second kappa shape index (κ2) is 3.65. The molecule has 0 bridgehead atoms. The molecule has 1 saturated carbocycles. The van der Waals surface area contributed by atoms with Crippen LogP contribution in [0.3, 0.4) is 0 Å². The maximum atomic E-state index is 5.70. The lowest BCUT2D eigenvalue weighted by molar-refractivity contribution is 0.506. The predicted octanol–water partition coefficient (Wildman–Crippen LogP) is 3.02.